The van der Waals surface area contributed by atoms with Crippen molar-refractivity contribution in [1.82, 2.24) is 0 Å². The molecule has 0 aromatic heterocycles. The molecule has 0 nitrogen and oxygen atoms in total. The molecule has 0 radical (unpaired) electrons. The van der Waals surface area contributed by atoms with Gasteiger partial charge in [-0.05, 0) is 17.3 Å². The quantitative estimate of drug-likeness (QED) is 0.436. The fourth-order valence-corrected chi connectivity index (χ4v) is 1.19. The van der Waals surface area contributed by atoms with E-state index < -0.39 is 0 Å². The molecule has 0 aromatic rings. The van der Waals surface area contributed by atoms with Crippen LogP contribution in [0.25, 0.3) is 0 Å². The van der Waals surface area contributed by atoms with E-state index in [1.165, 1.54) is 0 Å². The lowest BCUT2D eigenvalue weighted by atomic mass is 10.1. The van der Waals surface area contributed by atoms with Gasteiger partial charge in [0.25, 0.3) is 0 Å². The first kappa shape index (κ1) is 5.14. The molecule has 0 N–H and O–H groups in total. The van der Waals surface area contributed by atoms with Crippen LogP contribution in [0.3, 0.4) is 0 Å². The van der Waals surface area contributed by atoms with Gasteiger partial charge in [-0.25, -0.2) is 0 Å². The van der Waals surface area contributed by atoms with Crippen molar-refractivity contribution in [2.45, 2.75) is 27.7 Å². The maximum Gasteiger partial charge on any atom is -0.0297 e. The van der Waals surface area contributed by atoms with Crippen molar-refractivity contribution in [2.24, 2.45) is 17.3 Å². The van der Waals surface area contributed by atoms with Crippen molar-refractivity contribution >= 4 is 0 Å². The molecule has 1 unspecified atom stereocenters. The van der Waals surface area contributed by atoms with E-state index in [0.717, 1.165) is 11.8 Å². The first-order chi connectivity index (χ1) is 3.07. The van der Waals surface area contributed by atoms with Crippen molar-refractivity contribution in [3.8, 4) is 0 Å². The molecule has 1 aliphatic rings. The molecule has 0 saturated heterocycles. The first-order valence-electron chi connectivity index (χ1n) is 3.07. The van der Waals surface area contributed by atoms with Gasteiger partial charge in [-0.2, -0.15) is 0 Å². The van der Waals surface area contributed by atoms with Gasteiger partial charge in [-0.3, -0.25) is 0 Å². The summed E-state index contributed by atoms with van der Waals surface area (Å²) in [6.07, 6.45) is 0. The topological polar surface area (TPSA) is 0 Å². The zero-order valence-corrected chi connectivity index (χ0v) is 5.65. The number of hydrogen-bond acceptors (Lipinski definition) is 0. The maximum atomic E-state index is 2.34. The monoisotopic (exact) mass is 98.1 g/mol. The molecule has 1 aliphatic carbocycles. The van der Waals surface area contributed by atoms with Crippen LogP contribution in [-0.2, 0) is 0 Å². The van der Waals surface area contributed by atoms with Crippen LogP contribution in [0, 0.1) is 17.3 Å². The third kappa shape index (κ3) is 0.490. The van der Waals surface area contributed by atoms with Gasteiger partial charge >= 0.3 is 0 Å². The minimum Gasteiger partial charge on any atom is -0.0617 e. The Morgan fingerprint density at radius 2 is 1.14 bits per heavy atom. The van der Waals surface area contributed by atoms with Gasteiger partial charge in [0.2, 0.25) is 0 Å². The van der Waals surface area contributed by atoms with Gasteiger partial charge in [0.1, 0.15) is 0 Å². The van der Waals surface area contributed by atoms with Gasteiger partial charge in [-0.15, -0.1) is 0 Å². The third-order valence-corrected chi connectivity index (χ3v) is 2.99. The second kappa shape index (κ2) is 1.04. The van der Waals surface area contributed by atoms with Crippen LogP contribution in [0.15, 0.2) is 0 Å². The van der Waals surface area contributed by atoms with Crippen LogP contribution in [-0.4, -0.2) is 0 Å². The fourth-order valence-electron chi connectivity index (χ4n) is 1.19. The van der Waals surface area contributed by atoms with Crippen molar-refractivity contribution < 1.29 is 0 Å². The maximum absolute atomic E-state index is 2.34. The molecule has 2 atom stereocenters. The van der Waals surface area contributed by atoms with E-state index >= 15 is 0 Å². The molecule has 0 spiro atoms. The summed E-state index contributed by atoms with van der Waals surface area (Å²) in [6, 6.07) is 0. The van der Waals surface area contributed by atoms with E-state index in [0.29, 0.717) is 5.41 Å². The summed E-state index contributed by atoms with van der Waals surface area (Å²) >= 11 is 0. The van der Waals surface area contributed by atoms with E-state index in [1.807, 2.05) is 0 Å². The van der Waals surface area contributed by atoms with Crippen LogP contribution in [0.1, 0.15) is 27.7 Å². The van der Waals surface area contributed by atoms with Crippen LogP contribution in [0.2, 0.25) is 0 Å². The lowest BCUT2D eigenvalue weighted by molar-refractivity contribution is 0.559. The van der Waals surface area contributed by atoms with E-state index in [9.17, 15) is 0 Å². The van der Waals surface area contributed by atoms with Crippen molar-refractivity contribution in [3.05, 3.63) is 0 Å². The molecule has 0 heterocycles. The standard InChI is InChI=1S/C7H14/c1-5-6(2)7(5,3)4/h5-6H,1-4H3/t5-,6?/m0/s1. The molecule has 1 rings (SSSR count). The van der Waals surface area contributed by atoms with E-state index in [-0.39, 0.29) is 0 Å². The van der Waals surface area contributed by atoms with Gasteiger partial charge in [-0.1, -0.05) is 27.7 Å². The molecular weight excluding hydrogens is 84.1 g/mol. The predicted molar refractivity (Wildman–Crippen MR) is 32.1 cm³/mol. The molecule has 42 valence electrons. The Kier molecular flexibility index (Phi) is 0.765. The van der Waals surface area contributed by atoms with Crippen LogP contribution in [0.4, 0.5) is 0 Å². The van der Waals surface area contributed by atoms with Gasteiger partial charge in [0.05, 0.1) is 0 Å². The van der Waals surface area contributed by atoms with Crippen LogP contribution < -0.4 is 0 Å². The SMILES string of the molecule is CC1[C@H](C)C1(C)C. The molecule has 0 amide bonds. The summed E-state index contributed by atoms with van der Waals surface area (Å²) in [7, 11) is 0. The summed E-state index contributed by atoms with van der Waals surface area (Å²) in [4.78, 5) is 0. The van der Waals surface area contributed by atoms with Gasteiger partial charge < -0.3 is 0 Å². The van der Waals surface area contributed by atoms with Crippen molar-refractivity contribution in [2.75, 3.05) is 0 Å². The minimum absolute atomic E-state index is 0.667. The zero-order valence-electron chi connectivity index (χ0n) is 5.65. The van der Waals surface area contributed by atoms with Crippen LogP contribution in [0.5, 0.6) is 0 Å². The second-order valence-electron chi connectivity index (χ2n) is 3.40. The Balaban J connectivity index is 2.52. The van der Waals surface area contributed by atoms with Crippen molar-refractivity contribution in [1.29, 1.82) is 0 Å². The molecule has 1 saturated carbocycles. The molecule has 0 aliphatic heterocycles. The Hall–Kier alpha value is 0. The second-order valence-corrected chi connectivity index (χ2v) is 3.40. The smallest absolute Gasteiger partial charge is 0.0297 e. The van der Waals surface area contributed by atoms with Crippen LogP contribution >= 0.6 is 0 Å². The Morgan fingerprint density at radius 3 is 1.14 bits per heavy atom. The highest BCUT2D eigenvalue weighted by Crippen LogP contribution is 2.57. The third-order valence-electron chi connectivity index (χ3n) is 2.99. The van der Waals surface area contributed by atoms with E-state index in [4.69, 9.17) is 0 Å². The predicted octanol–water partition coefficient (Wildman–Crippen LogP) is 2.30. The average Bonchev–Trinajstić information content (AvgIpc) is 1.91. The van der Waals surface area contributed by atoms with E-state index in [2.05, 4.69) is 27.7 Å². The molecule has 0 bridgehead atoms. The van der Waals surface area contributed by atoms with Gasteiger partial charge in [0.15, 0.2) is 0 Å². The first-order valence-corrected chi connectivity index (χ1v) is 3.07. The largest absolute Gasteiger partial charge is 0.0617 e. The lowest BCUT2D eigenvalue weighted by Gasteiger charge is -1.94. The summed E-state index contributed by atoms with van der Waals surface area (Å²) in [6.45, 7) is 9.32. The summed E-state index contributed by atoms with van der Waals surface area (Å²) in [5.41, 5.74) is 0.667. The lowest BCUT2D eigenvalue weighted by Crippen LogP contribution is -1.85. The van der Waals surface area contributed by atoms with E-state index in [1.54, 1.807) is 0 Å². The molecule has 7 heavy (non-hydrogen) atoms. The highest BCUT2D eigenvalue weighted by Gasteiger charge is 2.50. The Morgan fingerprint density at radius 1 is 1.00 bits per heavy atom. The van der Waals surface area contributed by atoms with Gasteiger partial charge in [0, 0.05) is 0 Å². The zero-order chi connectivity index (χ0) is 5.65. The Bertz CT molecular complexity index is 72.0. The highest BCUT2D eigenvalue weighted by molar-refractivity contribution is 4.99. The molecule has 0 heteroatoms. The molecule has 0 aromatic carbocycles. The number of rotatable bonds is 0. The minimum atomic E-state index is 0.667. The summed E-state index contributed by atoms with van der Waals surface area (Å²) in [5.74, 6) is 1.93. The molecular formula is C7H14. The number of hydrogen-bond donors (Lipinski definition) is 0. The summed E-state index contributed by atoms with van der Waals surface area (Å²) < 4.78 is 0. The Labute approximate surface area is 45.9 Å². The highest BCUT2D eigenvalue weighted by atomic mass is 14.6. The molecule has 1 fully saturated rings. The normalized spacial score (nSPS) is 46.3. The van der Waals surface area contributed by atoms with Crippen molar-refractivity contribution in [3.63, 3.8) is 0 Å². The average molecular weight is 98.2 g/mol. The summed E-state index contributed by atoms with van der Waals surface area (Å²) in [5, 5.41) is 0. The fraction of sp³-hybridized carbons (Fsp3) is 1.00.